The highest BCUT2D eigenvalue weighted by Crippen LogP contribution is 2.41. The first-order valence-corrected chi connectivity index (χ1v) is 5.21. The zero-order valence-electron chi connectivity index (χ0n) is 7.84. The molecule has 76 valence electrons. The van der Waals surface area contributed by atoms with E-state index in [4.69, 9.17) is 9.47 Å². The zero-order chi connectivity index (χ0) is 10.1. The van der Waals surface area contributed by atoms with Crippen molar-refractivity contribution in [2.45, 2.75) is 13.5 Å². The van der Waals surface area contributed by atoms with Gasteiger partial charge in [-0.2, -0.15) is 0 Å². The number of hydrogen-bond acceptors (Lipinski definition) is 3. The SMILES string of the molecule is Cc1cc2c(c(Br)c1CO)OCCO2. The van der Waals surface area contributed by atoms with Gasteiger partial charge in [-0.1, -0.05) is 0 Å². The van der Waals surface area contributed by atoms with E-state index in [1.807, 2.05) is 13.0 Å². The van der Waals surface area contributed by atoms with Gasteiger partial charge in [0.25, 0.3) is 0 Å². The van der Waals surface area contributed by atoms with Crippen LogP contribution < -0.4 is 9.47 Å². The van der Waals surface area contributed by atoms with Crippen molar-refractivity contribution in [2.24, 2.45) is 0 Å². The van der Waals surface area contributed by atoms with Crippen molar-refractivity contribution in [3.05, 3.63) is 21.7 Å². The van der Waals surface area contributed by atoms with Crippen molar-refractivity contribution in [3.8, 4) is 11.5 Å². The third kappa shape index (κ3) is 1.48. The molecule has 0 atom stereocenters. The molecule has 0 aromatic heterocycles. The largest absolute Gasteiger partial charge is 0.486 e. The summed E-state index contributed by atoms with van der Waals surface area (Å²) in [5.41, 5.74) is 1.86. The molecule has 0 bridgehead atoms. The number of fused-ring (bicyclic) bond motifs is 1. The van der Waals surface area contributed by atoms with Gasteiger partial charge in [-0.3, -0.25) is 0 Å². The molecule has 3 nitrogen and oxygen atoms in total. The van der Waals surface area contributed by atoms with E-state index < -0.39 is 0 Å². The van der Waals surface area contributed by atoms with Crippen molar-refractivity contribution >= 4 is 15.9 Å². The third-order valence-corrected chi connectivity index (χ3v) is 3.10. The van der Waals surface area contributed by atoms with Gasteiger partial charge in [0, 0.05) is 0 Å². The lowest BCUT2D eigenvalue weighted by atomic mass is 10.1. The summed E-state index contributed by atoms with van der Waals surface area (Å²) in [5.74, 6) is 1.45. The smallest absolute Gasteiger partial charge is 0.175 e. The number of aryl methyl sites for hydroxylation is 1. The highest BCUT2D eigenvalue weighted by atomic mass is 79.9. The molecule has 0 saturated heterocycles. The van der Waals surface area contributed by atoms with E-state index in [9.17, 15) is 5.11 Å². The Morgan fingerprint density at radius 3 is 2.86 bits per heavy atom. The van der Waals surface area contributed by atoms with Gasteiger partial charge < -0.3 is 14.6 Å². The molecule has 2 rings (SSSR count). The van der Waals surface area contributed by atoms with Crippen molar-refractivity contribution in [1.29, 1.82) is 0 Å². The highest BCUT2D eigenvalue weighted by molar-refractivity contribution is 9.10. The number of rotatable bonds is 1. The fourth-order valence-corrected chi connectivity index (χ4v) is 2.25. The summed E-state index contributed by atoms with van der Waals surface area (Å²) in [7, 11) is 0. The Morgan fingerprint density at radius 1 is 1.43 bits per heavy atom. The molecule has 1 aliphatic heterocycles. The van der Waals surface area contributed by atoms with Crippen LogP contribution in [0.5, 0.6) is 11.5 Å². The lowest BCUT2D eigenvalue weighted by Gasteiger charge is -2.21. The number of aliphatic hydroxyl groups is 1. The molecule has 1 aromatic rings. The minimum atomic E-state index is 0.00303. The first-order chi connectivity index (χ1) is 6.74. The highest BCUT2D eigenvalue weighted by Gasteiger charge is 2.19. The molecule has 4 heteroatoms. The van der Waals surface area contributed by atoms with Gasteiger partial charge in [0.15, 0.2) is 11.5 Å². The minimum Gasteiger partial charge on any atom is -0.486 e. The predicted molar refractivity (Wildman–Crippen MR) is 55.8 cm³/mol. The number of halogens is 1. The maximum absolute atomic E-state index is 9.17. The molecule has 14 heavy (non-hydrogen) atoms. The number of hydrogen-bond donors (Lipinski definition) is 1. The molecule has 0 unspecified atom stereocenters. The van der Waals surface area contributed by atoms with Crippen LogP contribution in [0, 0.1) is 6.92 Å². The van der Waals surface area contributed by atoms with Crippen LogP contribution >= 0.6 is 15.9 Å². The summed E-state index contributed by atoms with van der Waals surface area (Å²) in [5, 5.41) is 9.17. The standard InChI is InChI=1S/C10H11BrO3/c1-6-4-8-10(14-3-2-13-8)9(11)7(6)5-12/h4,12H,2-3,5H2,1H3. The van der Waals surface area contributed by atoms with Crippen LogP contribution in [-0.2, 0) is 6.61 Å². The monoisotopic (exact) mass is 258 g/mol. The maximum Gasteiger partial charge on any atom is 0.175 e. The zero-order valence-corrected chi connectivity index (χ0v) is 9.43. The lowest BCUT2D eigenvalue weighted by molar-refractivity contribution is 0.169. The molecular weight excluding hydrogens is 248 g/mol. The van der Waals surface area contributed by atoms with Crippen molar-refractivity contribution in [1.82, 2.24) is 0 Å². The van der Waals surface area contributed by atoms with Crippen molar-refractivity contribution < 1.29 is 14.6 Å². The van der Waals surface area contributed by atoms with Crippen LogP contribution in [0.3, 0.4) is 0 Å². The van der Waals surface area contributed by atoms with E-state index in [2.05, 4.69) is 15.9 Å². The van der Waals surface area contributed by atoms with Gasteiger partial charge in [-0.15, -0.1) is 0 Å². The molecule has 0 spiro atoms. The fraction of sp³-hybridized carbons (Fsp3) is 0.400. The fourth-order valence-electron chi connectivity index (χ4n) is 1.50. The van der Waals surface area contributed by atoms with Gasteiger partial charge in [-0.25, -0.2) is 0 Å². The van der Waals surface area contributed by atoms with Crippen molar-refractivity contribution in [2.75, 3.05) is 13.2 Å². The van der Waals surface area contributed by atoms with Crippen LogP contribution in [0.1, 0.15) is 11.1 Å². The summed E-state index contributed by atoms with van der Waals surface area (Å²) in [6, 6.07) is 1.89. The summed E-state index contributed by atoms with van der Waals surface area (Å²) >= 11 is 3.41. The quantitative estimate of drug-likeness (QED) is 0.838. The molecule has 1 N–H and O–H groups in total. The summed E-state index contributed by atoms with van der Waals surface area (Å²) in [4.78, 5) is 0. The van der Waals surface area contributed by atoms with E-state index >= 15 is 0 Å². The molecule has 0 fully saturated rings. The molecule has 1 aliphatic rings. The molecule has 0 aliphatic carbocycles. The van der Waals surface area contributed by atoms with E-state index in [0.29, 0.717) is 19.0 Å². The van der Waals surface area contributed by atoms with Crippen LogP contribution in [0.2, 0.25) is 0 Å². The average Bonchev–Trinajstić information content (AvgIpc) is 2.18. The predicted octanol–water partition coefficient (Wildman–Crippen LogP) is 2.02. The Balaban J connectivity index is 2.57. The molecule has 0 saturated carbocycles. The normalized spacial score (nSPS) is 14.2. The Morgan fingerprint density at radius 2 is 2.14 bits per heavy atom. The van der Waals surface area contributed by atoms with E-state index in [-0.39, 0.29) is 6.61 Å². The van der Waals surface area contributed by atoms with E-state index in [1.165, 1.54) is 0 Å². The second-order valence-corrected chi connectivity index (χ2v) is 3.96. The molecule has 0 amide bonds. The second kappa shape index (κ2) is 3.79. The topological polar surface area (TPSA) is 38.7 Å². The summed E-state index contributed by atoms with van der Waals surface area (Å²) in [6.45, 7) is 3.08. The molecule has 1 aromatic carbocycles. The van der Waals surface area contributed by atoms with Gasteiger partial charge in [0.2, 0.25) is 0 Å². The second-order valence-electron chi connectivity index (χ2n) is 3.17. The first kappa shape index (κ1) is 9.80. The first-order valence-electron chi connectivity index (χ1n) is 4.42. The van der Waals surface area contributed by atoms with Crippen LogP contribution in [0.15, 0.2) is 10.5 Å². The molecular formula is C10H11BrO3. The molecule has 1 heterocycles. The number of benzene rings is 1. The summed E-state index contributed by atoms with van der Waals surface area (Å²) in [6.07, 6.45) is 0. The van der Waals surface area contributed by atoms with E-state index in [1.54, 1.807) is 0 Å². The average molecular weight is 259 g/mol. The minimum absolute atomic E-state index is 0.00303. The lowest BCUT2D eigenvalue weighted by Crippen LogP contribution is -2.16. The number of aliphatic hydroxyl groups excluding tert-OH is 1. The van der Waals surface area contributed by atoms with Crippen LogP contribution in [0.25, 0.3) is 0 Å². The maximum atomic E-state index is 9.17. The van der Waals surface area contributed by atoms with Crippen LogP contribution in [-0.4, -0.2) is 18.3 Å². The Kier molecular flexibility index (Phi) is 2.65. The molecule has 0 radical (unpaired) electrons. The van der Waals surface area contributed by atoms with Gasteiger partial charge in [-0.05, 0) is 40.0 Å². The summed E-state index contributed by atoms with van der Waals surface area (Å²) < 4.78 is 11.7. The van der Waals surface area contributed by atoms with Gasteiger partial charge in [0.05, 0.1) is 11.1 Å². The van der Waals surface area contributed by atoms with Crippen LogP contribution in [0.4, 0.5) is 0 Å². The van der Waals surface area contributed by atoms with Gasteiger partial charge in [0.1, 0.15) is 13.2 Å². The Labute approximate surface area is 90.8 Å². The van der Waals surface area contributed by atoms with Gasteiger partial charge >= 0.3 is 0 Å². The van der Waals surface area contributed by atoms with Crippen molar-refractivity contribution in [3.63, 3.8) is 0 Å². The third-order valence-electron chi connectivity index (χ3n) is 2.26. The Bertz CT molecular complexity index is 363. The Hall–Kier alpha value is -0.740. The van der Waals surface area contributed by atoms with E-state index in [0.717, 1.165) is 21.3 Å². The number of ether oxygens (including phenoxy) is 2.